The molecule has 0 fully saturated rings. The highest BCUT2D eigenvalue weighted by atomic mass is 14.5. The highest BCUT2D eigenvalue weighted by Crippen LogP contribution is 2.54. The molecule has 0 bridgehead atoms. The summed E-state index contributed by atoms with van der Waals surface area (Å²) in [6, 6.07) is 31.0. The lowest BCUT2D eigenvalue weighted by atomic mass is 9.70. The summed E-state index contributed by atoms with van der Waals surface area (Å²) < 4.78 is 0. The van der Waals surface area contributed by atoms with Crippen LogP contribution >= 0.6 is 0 Å². The summed E-state index contributed by atoms with van der Waals surface area (Å²) in [6.45, 7) is 4.84. The first kappa shape index (κ1) is 15.2. The summed E-state index contributed by atoms with van der Waals surface area (Å²) in [6.07, 6.45) is 1.17. The number of fused-ring (bicyclic) bond motifs is 1. The summed E-state index contributed by atoms with van der Waals surface area (Å²) in [4.78, 5) is 0. The van der Waals surface area contributed by atoms with E-state index in [1.165, 1.54) is 28.7 Å². The highest BCUT2D eigenvalue weighted by Gasteiger charge is 2.44. The van der Waals surface area contributed by atoms with E-state index in [1.54, 1.807) is 0 Å². The van der Waals surface area contributed by atoms with Crippen LogP contribution in [0.25, 0.3) is 0 Å². The molecule has 0 aliphatic heterocycles. The van der Waals surface area contributed by atoms with Gasteiger partial charge in [0.25, 0.3) is 0 Å². The van der Waals surface area contributed by atoms with E-state index in [0.29, 0.717) is 11.8 Å². The first-order valence-corrected chi connectivity index (χ1v) is 8.89. The molecule has 0 spiro atoms. The predicted octanol–water partition coefficient (Wildman–Crippen LogP) is 6.28. The van der Waals surface area contributed by atoms with Crippen LogP contribution in [0.1, 0.15) is 54.4 Å². The molecular weight excluding hydrogens is 288 g/mol. The lowest BCUT2D eigenvalue weighted by Crippen LogP contribution is -2.26. The Bertz CT molecular complexity index is 819. The Hall–Kier alpha value is -2.34. The van der Waals surface area contributed by atoms with E-state index in [-0.39, 0.29) is 5.41 Å². The monoisotopic (exact) mass is 312 g/mol. The van der Waals surface area contributed by atoms with E-state index in [1.807, 2.05) is 0 Å². The largest absolute Gasteiger partial charge is 0.0622 e. The molecule has 0 saturated carbocycles. The van der Waals surface area contributed by atoms with Gasteiger partial charge in [-0.2, -0.15) is 0 Å². The second-order valence-electron chi connectivity index (χ2n) is 7.30. The molecule has 4 rings (SSSR count). The maximum absolute atomic E-state index is 2.45. The maximum Gasteiger partial charge on any atom is 0.0101 e. The Morgan fingerprint density at radius 2 is 1.38 bits per heavy atom. The Morgan fingerprint density at radius 1 is 0.792 bits per heavy atom. The second kappa shape index (κ2) is 5.94. The van der Waals surface area contributed by atoms with Crippen molar-refractivity contribution in [3.63, 3.8) is 0 Å². The Balaban J connectivity index is 1.81. The average molecular weight is 312 g/mol. The van der Waals surface area contributed by atoms with Crippen molar-refractivity contribution >= 4 is 0 Å². The fourth-order valence-electron chi connectivity index (χ4n) is 4.47. The van der Waals surface area contributed by atoms with E-state index in [0.717, 1.165) is 0 Å². The Labute approximate surface area is 145 Å². The topological polar surface area (TPSA) is 0 Å². The van der Waals surface area contributed by atoms with Crippen LogP contribution in [-0.2, 0) is 5.41 Å². The van der Waals surface area contributed by atoms with Crippen LogP contribution in [0.3, 0.4) is 0 Å². The summed E-state index contributed by atoms with van der Waals surface area (Å²) in [7, 11) is 0. The molecule has 1 aliphatic rings. The van der Waals surface area contributed by atoms with Gasteiger partial charge in [0.1, 0.15) is 0 Å². The van der Waals surface area contributed by atoms with Crippen molar-refractivity contribution < 1.29 is 0 Å². The van der Waals surface area contributed by atoms with Crippen molar-refractivity contribution in [2.45, 2.75) is 37.5 Å². The van der Waals surface area contributed by atoms with Gasteiger partial charge in [-0.1, -0.05) is 98.8 Å². The molecule has 3 atom stereocenters. The molecule has 0 aromatic heterocycles. The van der Waals surface area contributed by atoms with Crippen LogP contribution < -0.4 is 0 Å². The van der Waals surface area contributed by atoms with Gasteiger partial charge < -0.3 is 0 Å². The minimum atomic E-state index is 0.165. The molecule has 0 heterocycles. The maximum atomic E-state index is 2.45. The quantitative estimate of drug-likeness (QED) is 0.533. The van der Waals surface area contributed by atoms with Gasteiger partial charge in [0.05, 0.1) is 0 Å². The van der Waals surface area contributed by atoms with Crippen LogP contribution in [0.2, 0.25) is 0 Å². The van der Waals surface area contributed by atoms with Crippen LogP contribution in [0.5, 0.6) is 0 Å². The first-order valence-electron chi connectivity index (χ1n) is 8.89. The zero-order valence-electron chi connectivity index (χ0n) is 14.4. The van der Waals surface area contributed by atoms with E-state index < -0.39 is 0 Å². The van der Waals surface area contributed by atoms with Gasteiger partial charge in [0.15, 0.2) is 0 Å². The zero-order chi connectivity index (χ0) is 16.6. The molecule has 0 heteroatoms. The van der Waals surface area contributed by atoms with Gasteiger partial charge >= 0.3 is 0 Å². The molecule has 0 N–H and O–H groups in total. The molecule has 0 radical (unpaired) electrons. The number of hydrogen-bond donors (Lipinski definition) is 0. The van der Waals surface area contributed by atoms with Crippen LogP contribution in [0, 0.1) is 0 Å². The Morgan fingerprint density at radius 3 is 2.08 bits per heavy atom. The fourth-order valence-corrected chi connectivity index (χ4v) is 4.47. The summed E-state index contributed by atoms with van der Waals surface area (Å²) >= 11 is 0. The van der Waals surface area contributed by atoms with Crippen LogP contribution in [0.4, 0.5) is 0 Å². The molecule has 0 saturated heterocycles. The predicted molar refractivity (Wildman–Crippen MR) is 102 cm³/mol. The molecule has 1 aliphatic carbocycles. The lowest BCUT2D eigenvalue weighted by Gasteiger charge is -2.33. The third kappa shape index (κ3) is 2.38. The highest BCUT2D eigenvalue weighted by molar-refractivity contribution is 5.49. The minimum absolute atomic E-state index is 0.165. The summed E-state index contributed by atoms with van der Waals surface area (Å²) in [5.74, 6) is 0.993. The van der Waals surface area contributed by atoms with Gasteiger partial charge in [0.2, 0.25) is 0 Å². The van der Waals surface area contributed by atoms with Crippen molar-refractivity contribution in [1.29, 1.82) is 0 Å². The Kier molecular flexibility index (Phi) is 3.76. The summed E-state index contributed by atoms with van der Waals surface area (Å²) in [5.41, 5.74) is 6.07. The lowest BCUT2D eigenvalue weighted by molar-refractivity contribution is 0.382. The molecular formula is C24H24. The van der Waals surface area contributed by atoms with Gasteiger partial charge in [0, 0.05) is 11.3 Å². The van der Waals surface area contributed by atoms with Crippen LogP contribution in [-0.4, -0.2) is 0 Å². The smallest absolute Gasteiger partial charge is 0.0101 e. The normalized spacial score (nSPS) is 23.7. The van der Waals surface area contributed by atoms with Crippen molar-refractivity contribution in [3.8, 4) is 0 Å². The van der Waals surface area contributed by atoms with Crippen molar-refractivity contribution in [2.75, 3.05) is 0 Å². The molecule has 0 nitrogen and oxygen atoms in total. The zero-order valence-corrected chi connectivity index (χ0v) is 14.4. The minimum Gasteiger partial charge on any atom is -0.0622 e. The van der Waals surface area contributed by atoms with Gasteiger partial charge in [-0.05, 0) is 34.6 Å². The van der Waals surface area contributed by atoms with E-state index in [9.17, 15) is 0 Å². The van der Waals surface area contributed by atoms with Gasteiger partial charge in [-0.3, -0.25) is 0 Å². The average Bonchev–Trinajstić information content (AvgIpc) is 2.97. The first-order chi connectivity index (χ1) is 11.7. The number of benzene rings is 3. The third-order valence-electron chi connectivity index (χ3n) is 6.04. The molecule has 0 unspecified atom stereocenters. The third-order valence-corrected chi connectivity index (χ3v) is 6.04. The standard InChI is InChI=1S/C24H24/c1-18(19-11-5-3-6-12-19)24(2)17-22(20-13-7-4-8-14-20)21-15-9-10-16-23(21)24/h3-16,18,22H,17H2,1-2H3/t18-,22+,24-/m1/s1. The fraction of sp³-hybridized carbons (Fsp3) is 0.250. The van der Waals surface area contributed by atoms with Crippen molar-refractivity contribution in [1.82, 2.24) is 0 Å². The number of rotatable bonds is 3. The molecule has 0 amide bonds. The van der Waals surface area contributed by atoms with Crippen molar-refractivity contribution in [2.24, 2.45) is 0 Å². The molecule has 24 heavy (non-hydrogen) atoms. The van der Waals surface area contributed by atoms with E-state index in [4.69, 9.17) is 0 Å². The second-order valence-corrected chi connectivity index (χ2v) is 7.30. The van der Waals surface area contributed by atoms with Crippen molar-refractivity contribution in [3.05, 3.63) is 107 Å². The van der Waals surface area contributed by atoms with Crippen LogP contribution in [0.15, 0.2) is 84.9 Å². The molecule has 3 aromatic carbocycles. The molecule has 3 aromatic rings. The SMILES string of the molecule is C[C@H](c1ccccc1)[C@@]1(C)C[C@@H](c2ccccc2)c2ccccc21. The van der Waals surface area contributed by atoms with Gasteiger partial charge in [-0.25, -0.2) is 0 Å². The van der Waals surface area contributed by atoms with E-state index >= 15 is 0 Å². The molecule has 120 valence electrons. The van der Waals surface area contributed by atoms with Gasteiger partial charge in [-0.15, -0.1) is 0 Å². The number of hydrogen-bond acceptors (Lipinski definition) is 0. The summed E-state index contributed by atoms with van der Waals surface area (Å²) in [5, 5.41) is 0. The van der Waals surface area contributed by atoms with E-state index in [2.05, 4.69) is 98.8 Å².